The second kappa shape index (κ2) is 6.37. The van der Waals surface area contributed by atoms with Crippen LogP contribution in [0.1, 0.15) is 33.5 Å². The standard InChI is InChI=1S/C18H21N3O3/c1-13-4-2-3-5-14(13)16-11-20(6-9-24-16)18(22)15-10-19-17-12-23-8-7-21(15)17/h2-5,10,16H,6-9,11-12H2,1H3. The van der Waals surface area contributed by atoms with Crippen molar-refractivity contribution in [1.29, 1.82) is 0 Å². The van der Waals surface area contributed by atoms with E-state index < -0.39 is 0 Å². The van der Waals surface area contributed by atoms with E-state index in [4.69, 9.17) is 9.47 Å². The van der Waals surface area contributed by atoms with Crippen LogP contribution in [0, 0.1) is 6.92 Å². The molecule has 0 spiro atoms. The highest BCUT2D eigenvalue weighted by molar-refractivity contribution is 5.92. The lowest BCUT2D eigenvalue weighted by atomic mass is 10.0. The van der Waals surface area contributed by atoms with Gasteiger partial charge in [-0.3, -0.25) is 4.79 Å². The number of fused-ring (bicyclic) bond motifs is 1. The zero-order valence-corrected chi connectivity index (χ0v) is 13.8. The highest BCUT2D eigenvalue weighted by atomic mass is 16.5. The average molecular weight is 327 g/mol. The maximum atomic E-state index is 13.0. The van der Waals surface area contributed by atoms with Crippen LogP contribution in [0.4, 0.5) is 0 Å². The number of carbonyl (C=O) groups is 1. The molecule has 3 heterocycles. The molecule has 1 saturated heterocycles. The van der Waals surface area contributed by atoms with E-state index in [2.05, 4.69) is 24.0 Å². The lowest BCUT2D eigenvalue weighted by Crippen LogP contribution is -2.43. The Morgan fingerprint density at radius 3 is 3.00 bits per heavy atom. The number of ether oxygens (including phenoxy) is 2. The van der Waals surface area contributed by atoms with E-state index in [-0.39, 0.29) is 12.0 Å². The number of aryl methyl sites for hydroxylation is 1. The molecule has 2 aliphatic heterocycles. The molecule has 1 unspecified atom stereocenters. The first kappa shape index (κ1) is 15.4. The van der Waals surface area contributed by atoms with Gasteiger partial charge in [0.05, 0.1) is 26.0 Å². The number of nitrogens with zero attached hydrogens (tertiary/aromatic N) is 3. The number of aromatic nitrogens is 2. The van der Waals surface area contributed by atoms with E-state index in [0.29, 0.717) is 45.1 Å². The normalized spacial score (nSPS) is 20.7. The van der Waals surface area contributed by atoms with Crippen molar-refractivity contribution < 1.29 is 14.3 Å². The number of hydrogen-bond donors (Lipinski definition) is 0. The maximum absolute atomic E-state index is 13.0. The van der Waals surface area contributed by atoms with Crippen molar-refractivity contribution in [2.24, 2.45) is 0 Å². The molecule has 0 radical (unpaired) electrons. The number of imidazole rings is 1. The fourth-order valence-corrected chi connectivity index (χ4v) is 3.40. The average Bonchev–Trinajstić information content (AvgIpc) is 3.06. The van der Waals surface area contributed by atoms with Gasteiger partial charge < -0.3 is 18.9 Å². The number of hydrogen-bond acceptors (Lipinski definition) is 4. The van der Waals surface area contributed by atoms with Crippen molar-refractivity contribution in [3.05, 3.63) is 53.1 Å². The van der Waals surface area contributed by atoms with Gasteiger partial charge in [-0.05, 0) is 18.1 Å². The fourth-order valence-electron chi connectivity index (χ4n) is 3.40. The highest BCUT2D eigenvalue weighted by Crippen LogP contribution is 2.26. The van der Waals surface area contributed by atoms with E-state index in [9.17, 15) is 4.79 Å². The molecule has 24 heavy (non-hydrogen) atoms. The number of carbonyl (C=O) groups excluding carboxylic acids is 1. The Labute approximate surface area is 141 Å². The Morgan fingerprint density at radius 1 is 1.25 bits per heavy atom. The van der Waals surface area contributed by atoms with Gasteiger partial charge >= 0.3 is 0 Å². The smallest absolute Gasteiger partial charge is 0.272 e. The topological polar surface area (TPSA) is 56.6 Å². The summed E-state index contributed by atoms with van der Waals surface area (Å²) >= 11 is 0. The third kappa shape index (κ3) is 2.72. The first-order valence-corrected chi connectivity index (χ1v) is 8.32. The minimum atomic E-state index is -0.0732. The molecule has 1 atom stereocenters. The molecule has 6 heteroatoms. The summed E-state index contributed by atoms with van der Waals surface area (Å²) in [5.41, 5.74) is 2.99. The molecule has 1 amide bonds. The Morgan fingerprint density at radius 2 is 2.12 bits per heavy atom. The molecule has 1 aromatic heterocycles. The minimum absolute atomic E-state index is 0.0255. The molecule has 6 nitrogen and oxygen atoms in total. The van der Waals surface area contributed by atoms with Crippen LogP contribution in [0.5, 0.6) is 0 Å². The summed E-state index contributed by atoms with van der Waals surface area (Å²) in [6, 6.07) is 8.18. The van der Waals surface area contributed by atoms with Crippen molar-refractivity contribution in [3.8, 4) is 0 Å². The number of benzene rings is 1. The van der Waals surface area contributed by atoms with E-state index >= 15 is 0 Å². The summed E-state index contributed by atoms with van der Waals surface area (Å²) in [4.78, 5) is 19.2. The van der Waals surface area contributed by atoms with Crippen molar-refractivity contribution in [3.63, 3.8) is 0 Å². The molecule has 2 aromatic rings. The summed E-state index contributed by atoms with van der Waals surface area (Å²) in [5, 5.41) is 0. The van der Waals surface area contributed by atoms with Crippen LogP contribution < -0.4 is 0 Å². The lowest BCUT2D eigenvalue weighted by Gasteiger charge is -2.34. The third-order valence-electron chi connectivity index (χ3n) is 4.74. The maximum Gasteiger partial charge on any atom is 0.272 e. The quantitative estimate of drug-likeness (QED) is 0.846. The van der Waals surface area contributed by atoms with E-state index in [1.807, 2.05) is 21.6 Å². The first-order valence-electron chi connectivity index (χ1n) is 8.32. The van der Waals surface area contributed by atoms with E-state index in [0.717, 1.165) is 11.4 Å². The van der Waals surface area contributed by atoms with Crippen molar-refractivity contribution >= 4 is 5.91 Å². The molecule has 0 saturated carbocycles. The second-order valence-corrected chi connectivity index (χ2v) is 6.23. The molecule has 0 bridgehead atoms. The Hall–Kier alpha value is -2.18. The van der Waals surface area contributed by atoms with Gasteiger partial charge in [0.1, 0.15) is 24.2 Å². The van der Waals surface area contributed by atoms with Crippen LogP contribution in [0.3, 0.4) is 0 Å². The van der Waals surface area contributed by atoms with Gasteiger partial charge in [0.25, 0.3) is 5.91 Å². The van der Waals surface area contributed by atoms with Gasteiger partial charge in [-0.25, -0.2) is 4.98 Å². The summed E-state index contributed by atoms with van der Waals surface area (Å²) in [6.45, 7) is 5.59. The number of morpholine rings is 1. The Balaban J connectivity index is 1.55. The van der Waals surface area contributed by atoms with Gasteiger partial charge in [-0.2, -0.15) is 0 Å². The SMILES string of the molecule is Cc1ccccc1C1CN(C(=O)c2cnc3n2CCOC3)CCO1. The third-order valence-corrected chi connectivity index (χ3v) is 4.74. The van der Waals surface area contributed by atoms with Gasteiger partial charge in [0.15, 0.2) is 0 Å². The molecule has 0 aliphatic carbocycles. The first-order chi connectivity index (χ1) is 11.7. The minimum Gasteiger partial charge on any atom is -0.372 e. The monoisotopic (exact) mass is 327 g/mol. The zero-order chi connectivity index (χ0) is 16.5. The summed E-state index contributed by atoms with van der Waals surface area (Å²) in [5.74, 6) is 0.853. The summed E-state index contributed by atoms with van der Waals surface area (Å²) in [7, 11) is 0. The molecule has 0 N–H and O–H groups in total. The van der Waals surface area contributed by atoms with Crippen LogP contribution in [-0.2, 0) is 22.6 Å². The number of rotatable bonds is 2. The summed E-state index contributed by atoms with van der Waals surface area (Å²) in [6.07, 6.45) is 1.60. The largest absolute Gasteiger partial charge is 0.372 e. The lowest BCUT2D eigenvalue weighted by molar-refractivity contribution is -0.0236. The molecule has 126 valence electrons. The molecule has 1 aromatic carbocycles. The van der Waals surface area contributed by atoms with E-state index in [1.165, 1.54) is 5.56 Å². The van der Waals surface area contributed by atoms with Crippen LogP contribution >= 0.6 is 0 Å². The summed E-state index contributed by atoms with van der Waals surface area (Å²) < 4.78 is 13.3. The molecular weight excluding hydrogens is 306 g/mol. The van der Waals surface area contributed by atoms with Crippen molar-refractivity contribution in [2.75, 3.05) is 26.3 Å². The van der Waals surface area contributed by atoms with Gasteiger partial charge in [-0.15, -0.1) is 0 Å². The predicted molar refractivity (Wildman–Crippen MR) is 87.7 cm³/mol. The second-order valence-electron chi connectivity index (χ2n) is 6.23. The highest BCUT2D eigenvalue weighted by Gasteiger charge is 2.29. The Bertz CT molecular complexity index is 756. The van der Waals surface area contributed by atoms with E-state index in [1.54, 1.807) is 6.20 Å². The van der Waals surface area contributed by atoms with Gasteiger partial charge in [-0.1, -0.05) is 24.3 Å². The van der Waals surface area contributed by atoms with Crippen LogP contribution in [-0.4, -0.2) is 46.7 Å². The van der Waals surface area contributed by atoms with Crippen LogP contribution in [0.2, 0.25) is 0 Å². The molecule has 2 aliphatic rings. The van der Waals surface area contributed by atoms with Crippen molar-refractivity contribution in [2.45, 2.75) is 26.2 Å². The molecule has 4 rings (SSSR count). The predicted octanol–water partition coefficient (Wildman–Crippen LogP) is 1.94. The molecular formula is C18H21N3O3. The van der Waals surface area contributed by atoms with Gasteiger partial charge in [0, 0.05) is 13.1 Å². The Kier molecular flexibility index (Phi) is 4.08. The fraction of sp³-hybridized carbons (Fsp3) is 0.444. The van der Waals surface area contributed by atoms with Gasteiger partial charge in [0.2, 0.25) is 0 Å². The van der Waals surface area contributed by atoms with Crippen LogP contribution in [0.15, 0.2) is 30.5 Å². The molecule has 1 fully saturated rings. The van der Waals surface area contributed by atoms with Crippen molar-refractivity contribution in [1.82, 2.24) is 14.5 Å². The number of amides is 1. The van der Waals surface area contributed by atoms with Crippen LogP contribution in [0.25, 0.3) is 0 Å². The zero-order valence-electron chi connectivity index (χ0n) is 13.8.